The molecule has 0 saturated carbocycles. The zero-order valence-electron chi connectivity index (χ0n) is 12.3. The highest BCUT2D eigenvalue weighted by Gasteiger charge is 2.21. The first kappa shape index (κ1) is 14.9. The lowest BCUT2D eigenvalue weighted by Gasteiger charge is -2.24. The summed E-state index contributed by atoms with van der Waals surface area (Å²) in [6, 6.07) is 12.3. The van der Waals surface area contributed by atoms with Gasteiger partial charge in [-0.05, 0) is 37.6 Å². The van der Waals surface area contributed by atoms with Crippen LogP contribution in [0.15, 0.2) is 42.5 Å². The molecule has 0 bridgehead atoms. The number of phenols is 1. The lowest BCUT2D eigenvalue weighted by atomic mass is 10.1. The van der Waals surface area contributed by atoms with Crippen LogP contribution in [-0.2, 0) is 0 Å². The van der Waals surface area contributed by atoms with Crippen LogP contribution in [0.5, 0.6) is 5.75 Å². The van der Waals surface area contributed by atoms with Gasteiger partial charge >= 0.3 is 0 Å². The average molecular weight is 284 g/mol. The van der Waals surface area contributed by atoms with Gasteiger partial charge in [0.2, 0.25) is 0 Å². The van der Waals surface area contributed by atoms with E-state index in [1.54, 1.807) is 36.1 Å². The van der Waals surface area contributed by atoms with Gasteiger partial charge in [-0.25, -0.2) is 0 Å². The zero-order valence-corrected chi connectivity index (χ0v) is 12.3. The molecule has 0 aromatic heterocycles. The van der Waals surface area contributed by atoms with Crippen molar-refractivity contribution in [2.75, 3.05) is 17.2 Å². The molecule has 0 aliphatic rings. The first-order valence-corrected chi connectivity index (χ1v) is 7.01. The van der Waals surface area contributed by atoms with E-state index in [4.69, 9.17) is 5.73 Å². The number of nitrogens with zero attached hydrogens (tertiary/aromatic N) is 1. The molecule has 0 heterocycles. The van der Waals surface area contributed by atoms with Crippen molar-refractivity contribution in [2.45, 2.75) is 20.3 Å². The van der Waals surface area contributed by atoms with E-state index in [1.165, 1.54) is 0 Å². The summed E-state index contributed by atoms with van der Waals surface area (Å²) in [4.78, 5) is 14.5. The number of nitrogens with two attached hydrogens (primary N) is 1. The minimum atomic E-state index is -0.150. The van der Waals surface area contributed by atoms with Crippen molar-refractivity contribution in [1.82, 2.24) is 0 Å². The smallest absolute Gasteiger partial charge is 0.258 e. The second-order valence-corrected chi connectivity index (χ2v) is 4.97. The first-order chi connectivity index (χ1) is 10.1. The van der Waals surface area contributed by atoms with Gasteiger partial charge in [-0.15, -0.1) is 0 Å². The molecule has 0 atom stereocenters. The molecule has 2 aromatic carbocycles. The predicted molar refractivity (Wildman–Crippen MR) is 85.7 cm³/mol. The summed E-state index contributed by atoms with van der Waals surface area (Å²) in [5.41, 5.74) is 8.33. The third-order valence-electron chi connectivity index (χ3n) is 3.46. The Balaban J connectivity index is 2.46. The minimum absolute atomic E-state index is 0.123. The maximum Gasteiger partial charge on any atom is 0.258 e. The Hall–Kier alpha value is -2.49. The molecular formula is C17H20N2O2. The number of carbonyl (C=O) groups is 1. The first-order valence-electron chi connectivity index (χ1n) is 7.01. The Kier molecular flexibility index (Phi) is 4.48. The molecule has 0 fully saturated rings. The van der Waals surface area contributed by atoms with Gasteiger partial charge in [0.25, 0.3) is 5.91 Å². The van der Waals surface area contributed by atoms with Crippen molar-refractivity contribution >= 4 is 17.3 Å². The Morgan fingerprint density at radius 1 is 1.19 bits per heavy atom. The monoisotopic (exact) mass is 284 g/mol. The summed E-state index contributed by atoms with van der Waals surface area (Å²) < 4.78 is 0. The molecule has 4 heteroatoms. The fraction of sp³-hybridized carbons (Fsp3) is 0.235. The Bertz CT molecular complexity index is 653. The number of phenolic OH excluding ortho intramolecular Hbond substituents is 1. The molecule has 2 rings (SSSR count). The summed E-state index contributed by atoms with van der Waals surface area (Å²) in [6.07, 6.45) is 0.817. The van der Waals surface area contributed by atoms with Crippen molar-refractivity contribution in [2.24, 2.45) is 0 Å². The van der Waals surface area contributed by atoms with Crippen molar-refractivity contribution in [3.05, 3.63) is 53.6 Å². The van der Waals surface area contributed by atoms with Crippen molar-refractivity contribution in [3.63, 3.8) is 0 Å². The van der Waals surface area contributed by atoms with E-state index in [-0.39, 0.29) is 11.7 Å². The number of hydrogen-bond donors (Lipinski definition) is 2. The standard InChI is InChI=1S/C17H20N2O2/c1-3-11-19(15-9-5-4-8-14(15)18)17(21)13-7-6-10-16(20)12(13)2/h4-10,20H,3,11,18H2,1-2H3. The number of nitrogen functional groups attached to an aromatic ring is 1. The number of aromatic hydroxyl groups is 1. The minimum Gasteiger partial charge on any atom is -0.508 e. The maximum atomic E-state index is 12.8. The van der Waals surface area contributed by atoms with Crippen LogP contribution in [0.2, 0.25) is 0 Å². The van der Waals surface area contributed by atoms with Crippen molar-refractivity contribution in [3.8, 4) is 5.75 Å². The van der Waals surface area contributed by atoms with E-state index in [2.05, 4.69) is 0 Å². The number of amides is 1. The molecule has 0 aliphatic carbocycles. The van der Waals surface area contributed by atoms with E-state index in [0.29, 0.717) is 29.0 Å². The molecule has 1 amide bonds. The second kappa shape index (κ2) is 6.31. The molecule has 0 saturated heterocycles. The van der Waals surface area contributed by atoms with Gasteiger partial charge in [-0.2, -0.15) is 0 Å². The quantitative estimate of drug-likeness (QED) is 0.846. The normalized spacial score (nSPS) is 10.4. The number of para-hydroxylation sites is 2. The largest absolute Gasteiger partial charge is 0.508 e. The molecule has 110 valence electrons. The topological polar surface area (TPSA) is 66.6 Å². The number of benzene rings is 2. The van der Waals surface area contributed by atoms with E-state index >= 15 is 0 Å². The SMILES string of the molecule is CCCN(C(=O)c1cccc(O)c1C)c1ccccc1N. The molecule has 3 N–H and O–H groups in total. The van der Waals surface area contributed by atoms with Crippen LogP contribution in [0.1, 0.15) is 29.3 Å². The second-order valence-electron chi connectivity index (χ2n) is 4.97. The Morgan fingerprint density at radius 3 is 2.57 bits per heavy atom. The van der Waals surface area contributed by atoms with Crippen LogP contribution in [-0.4, -0.2) is 17.6 Å². The van der Waals surface area contributed by atoms with Crippen LogP contribution >= 0.6 is 0 Å². The van der Waals surface area contributed by atoms with Crippen LogP contribution in [0.3, 0.4) is 0 Å². The molecule has 21 heavy (non-hydrogen) atoms. The van der Waals surface area contributed by atoms with Gasteiger partial charge in [0.15, 0.2) is 0 Å². The molecule has 0 unspecified atom stereocenters. The van der Waals surface area contributed by atoms with E-state index < -0.39 is 0 Å². The number of carbonyl (C=O) groups excluding carboxylic acids is 1. The zero-order chi connectivity index (χ0) is 15.4. The van der Waals surface area contributed by atoms with Crippen LogP contribution in [0.25, 0.3) is 0 Å². The van der Waals surface area contributed by atoms with Gasteiger partial charge in [-0.1, -0.05) is 25.1 Å². The van der Waals surface area contributed by atoms with Crippen LogP contribution < -0.4 is 10.6 Å². The number of hydrogen-bond acceptors (Lipinski definition) is 3. The highest BCUT2D eigenvalue weighted by atomic mass is 16.3. The summed E-state index contributed by atoms with van der Waals surface area (Å²) >= 11 is 0. The molecule has 0 spiro atoms. The van der Waals surface area contributed by atoms with E-state index in [9.17, 15) is 9.90 Å². The van der Waals surface area contributed by atoms with Gasteiger partial charge in [0.05, 0.1) is 11.4 Å². The summed E-state index contributed by atoms with van der Waals surface area (Å²) in [5.74, 6) is -0.0264. The van der Waals surface area contributed by atoms with Crippen LogP contribution in [0, 0.1) is 6.92 Å². The Labute approximate surface area is 124 Å². The molecule has 0 radical (unpaired) electrons. The van der Waals surface area contributed by atoms with Crippen LogP contribution in [0.4, 0.5) is 11.4 Å². The number of anilines is 2. The van der Waals surface area contributed by atoms with Gasteiger partial charge < -0.3 is 15.7 Å². The lowest BCUT2D eigenvalue weighted by molar-refractivity contribution is 0.0986. The summed E-state index contributed by atoms with van der Waals surface area (Å²) in [6.45, 7) is 4.32. The van der Waals surface area contributed by atoms with E-state index in [0.717, 1.165) is 6.42 Å². The van der Waals surface area contributed by atoms with Gasteiger partial charge in [-0.3, -0.25) is 4.79 Å². The fourth-order valence-electron chi connectivity index (χ4n) is 2.29. The third kappa shape index (κ3) is 2.99. The molecule has 4 nitrogen and oxygen atoms in total. The summed E-state index contributed by atoms with van der Waals surface area (Å²) in [5, 5.41) is 9.79. The molecule has 0 aliphatic heterocycles. The lowest BCUT2D eigenvalue weighted by Crippen LogP contribution is -2.32. The molecule has 2 aromatic rings. The molecular weight excluding hydrogens is 264 g/mol. The van der Waals surface area contributed by atoms with Gasteiger partial charge in [0.1, 0.15) is 5.75 Å². The highest BCUT2D eigenvalue weighted by Crippen LogP contribution is 2.27. The van der Waals surface area contributed by atoms with E-state index in [1.807, 2.05) is 25.1 Å². The highest BCUT2D eigenvalue weighted by molar-refractivity contribution is 6.08. The Morgan fingerprint density at radius 2 is 1.90 bits per heavy atom. The fourth-order valence-corrected chi connectivity index (χ4v) is 2.29. The van der Waals surface area contributed by atoms with Gasteiger partial charge in [0, 0.05) is 17.7 Å². The predicted octanol–water partition coefficient (Wildman–Crippen LogP) is 3.34. The van der Waals surface area contributed by atoms with Crippen molar-refractivity contribution in [1.29, 1.82) is 0 Å². The number of rotatable bonds is 4. The third-order valence-corrected chi connectivity index (χ3v) is 3.46. The average Bonchev–Trinajstić information content (AvgIpc) is 2.48. The summed E-state index contributed by atoms with van der Waals surface area (Å²) in [7, 11) is 0. The van der Waals surface area contributed by atoms with Crippen molar-refractivity contribution < 1.29 is 9.90 Å². The maximum absolute atomic E-state index is 12.8.